The van der Waals surface area contributed by atoms with Crippen molar-refractivity contribution in [1.82, 2.24) is 10.9 Å². The minimum atomic E-state index is -0.493. The second-order valence-corrected chi connectivity index (χ2v) is 4.48. The predicted molar refractivity (Wildman–Crippen MR) is 66.0 cm³/mol. The van der Waals surface area contributed by atoms with E-state index in [-0.39, 0.29) is 5.92 Å². The van der Waals surface area contributed by atoms with Crippen molar-refractivity contribution in [2.45, 2.75) is 13.8 Å². The van der Waals surface area contributed by atoms with Crippen molar-refractivity contribution in [3.05, 3.63) is 40.7 Å². The van der Waals surface area contributed by atoms with Gasteiger partial charge in [-0.3, -0.25) is 5.43 Å². The molecule has 4 nitrogen and oxygen atoms in total. The molecule has 1 aliphatic rings. The predicted octanol–water partition coefficient (Wildman–Crippen LogP) is 2.91. The Balaban J connectivity index is 2.42. The number of hydrogen-bond donors (Lipinski definition) is 2. The number of cyclic esters (lactones) is 1. The van der Waals surface area contributed by atoms with Gasteiger partial charge in [-0.1, -0.05) is 37.6 Å². The highest BCUT2D eigenvalue weighted by Gasteiger charge is 2.22. The van der Waals surface area contributed by atoms with Crippen molar-refractivity contribution >= 4 is 23.3 Å². The molecule has 0 saturated carbocycles. The van der Waals surface area contributed by atoms with Crippen molar-refractivity contribution in [2.24, 2.45) is 5.92 Å². The van der Waals surface area contributed by atoms with Gasteiger partial charge in [0.1, 0.15) is 0 Å². The minimum Gasteiger partial charge on any atom is -0.390 e. The number of carbonyl (C=O) groups excluding carboxylic acids is 1. The van der Waals surface area contributed by atoms with Crippen LogP contribution in [0.1, 0.15) is 19.4 Å². The fourth-order valence-corrected chi connectivity index (χ4v) is 1.86. The first kappa shape index (κ1) is 11.8. The molecule has 90 valence electrons. The fourth-order valence-electron chi connectivity index (χ4n) is 1.73. The van der Waals surface area contributed by atoms with Gasteiger partial charge in [0.25, 0.3) is 0 Å². The van der Waals surface area contributed by atoms with Crippen LogP contribution in [0.4, 0.5) is 4.79 Å². The van der Waals surface area contributed by atoms with Gasteiger partial charge < -0.3 is 4.74 Å². The Hall–Kier alpha value is -1.68. The number of nitrogens with one attached hydrogen (secondary N) is 2. The van der Waals surface area contributed by atoms with Gasteiger partial charge in [0.15, 0.2) is 0 Å². The van der Waals surface area contributed by atoms with Gasteiger partial charge >= 0.3 is 6.09 Å². The highest BCUT2D eigenvalue weighted by atomic mass is 35.5. The second-order valence-electron chi connectivity index (χ2n) is 4.04. The maximum Gasteiger partial charge on any atom is 0.432 e. The lowest BCUT2D eigenvalue weighted by Crippen LogP contribution is -2.24. The first-order valence-corrected chi connectivity index (χ1v) is 5.69. The van der Waals surface area contributed by atoms with E-state index in [4.69, 9.17) is 16.3 Å². The van der Waals surface area contributed by atoms with E-state index < -0.39 is 6.09 Å². The van der Waals surface area contributed by atoms with E-state index in [0.29, 0.717) is 10.9 Å². The number of rotatable bonds is 2. The van der Waals surface area contributed by atoms with Crippen LogP contribution in [0.15, 0.2) is 30.1 Å². The minimum absolute atomic E-state index is 0.214. The van der Waals surface area contributed by atoms with Crippen LogP contribution in [0.5, 0.6) is 0 Å². The molecular weight excluding hydrogens is 240 g/mol. The smallest absolute Gasteiger partial charge is 0.390 e. The zero-order valence-electron chi connectivity index (χ0n) is 9.58. The van der Waals surface area contributed by atoms with Crippen LogP contribution >= 0.6 is 11.6 Å². The van der Waals surface area contributed by atoms with E-state index >= 15 is 0 Å². The average Bonchev–Trinajstić information content (AvgIpc) is 2.68. The Bertz CT molecular complexity index is 466. The maximum absolute atomic E-state index is 11.0. The number of hydrazine groups is 1. The molecule has 5 heteroatoms. The molecular formula is C12H13ClN2O2. The summed E-state index contributed by atoms with van der Waals surface area (Å²) in [5.74, 6) is 0.665. The molecule has 2 N–H and O–H groups in total. The van der Waals surface area contributed by atoms with Crippen molar-refractivity contribution in [1.29, 1.82) is 0 Å². The Morgan fingerprint density at radius 2 is 1.88 bits per heavy atom. The number of benzene rings is 1. The largest absolute Gasteiger partial charge is 0.432 e. The molecule has 1 fully saturated rings. The van der Waals surface area contributed by atoms with Gasteiger partial charge in [-0.2, -0.15) is 0 Å². The molecule has 0 spiro atoms. The molecule has 1 aromatic carbocycles. The Labute approximate surface area is 105 Å². The topological polar surface area (TPSA) is 50.4 Å². The van der Waals surface area contributed by atoms with Crippen molar-refractivity contribution in [2.75, 3.05) is 0 Å². The summed E-state index contributed by atoms with van der Waals surface area (Å²) in [5.41, 5.74) is 7.02. The van der Waals surface area contributed by atoms with E-state index in [9.17, 15) is 4.79 Å². The Morgan fingerprint density at radius 1 is 1.24 bits per heavy atom. The van der Waals surface area contributed by atoms with E-state index in [2.05, 4.69) is 10.9 Å². The normalized spacial score (nSPS) is 17.5. The third kappa shape index (κ3) is 2.53. The SMILES string of the molecule is CC(C)/C(=C1\NNC(=O)O1)c1ccc(Cl)cc1. The van der Waals surface area contributed by atoms with Crippen LogP contribution in [-0.4, -0.2) is 6.09 Å². The summed E-state index contributed by atoms with van der Waals surface area (Å²) >= 11 is 5.85. The lowest BCUT2D eigenvalue weighted by molar-refractivity contribution is 0.195. The summed E-state index contributed by atoms with van der Waals surface area (Å²) in [6.07, 6.45) is -0.493. The summed E-state index contributed by atoms with van der Waals surface area (Å²) in [7, 11) is 0. The van der Waals surface area contributed by atoms with Crippen molar-refractivity contribution in [3.8, 4) is 0 Å². The summed E-state index contributed by atoms with van der Waals surface area (Å²) in [6, 6.07) is 7.42. The quantitative estimate of drug-likeness (QED) is 0.851. The van der Waals surface area contributed by atoms with Crippen LogP contribution in [0.3, 0.4) is 0 Å². The molecule has 0 unspecified atom stereocenters. The van der Waals surface area contributed by atoms with Gasteiger partial charge in [-0.05, 0) is 23.6 Å². The molecule has 0 aliphatic carbocycles. The van der Waals surface area contributed by atoms with Gasteiger partial charge in [0.2, 0.25) is 5.88 Å². The number of ether oxygens (including phenoxy) is 1. The first-order valence-electron chi connectivity index (χ1n) is 5.32. The number of halogens is 1. The van der Waals surface area contributed by atoms with Crippen LogP contribution in [0.25, 0.3) is 5.57 Å². The first-order chi connectivity index (χ1) is 8.08. The van der Waals surface area contributed by atoms with Crippen molar-refractivity contribution < 1.29 is 9.53 Å². The van der Waals surface area contributed by atoms with Crippen molar-refractivity contribution in [3.63, 3.8) is 0 Å². The zero-order chi connectivity index (χ0) is 12.4. The number of amides is 1. The van der Waals surface area contributed by atoms with Crippen LogP contribution in [-0.2, 0) is 4.74 Å². The van der Waals surface area contributed by atoms with Crippen LogP contribution < -0.4 is 10.9 Å². The molecule has 0 atom stereocenters. The molecule has 0 radical (unpaired) electrons. The number of hydrogen-bond acceptors (Lipinski definition) is 3. The van der Waals surface area contributed by atoms with Gasteiger partial charge in [0.05, 0.1) is 0 Å². The summed E-state index contributed by atoms with van der Waals surface area (Å²) in [5, 5.41) is 0.677. The summed E-state index contributed by atoms with van der Waals surface area (Å²) < 4.78 is 5.05. The van der Waals surface area contributed by atoms with Gasteiger partial charge in [0, 0.05) is 10.6 Å². The molecule has 17 heavy (non-hydrogen) atoms. The average molecular weight is 253 g/mol. The maximum atomic E-state index is 11.0. The van der Waals surface area contributed by atoms with Gasteiger partial charge in [-0.25, -0.2) is 10.2 Å². The summed E-state index contributed by atoms with van der Waals surface area (Å²) in [4.78, 5) is 11.0. The lowest BCUT2D eigenvalue weighted by Gasteiger charge is -2.13. The van der Waals surface area contributed by atoms with E-state index in [1.807, 2.05) is 38.1 Å². The monoisotopic (exact) mass is 252 g/mol. The van der Waals surface area contributed by atoms with Crippen LogP contribution in [0.2, 0.25) is 5.02 Å². The van der Waals surface area contributed by atoms with Crippen LogP contribution in [0, 0.1) is 5.92 Å². The third-order valence-corrected chi connectivity index (χ3v) is 2.70. The molecule has 0 aromatic heterocycles. The molecule has 1 aromatic rings. The van der Waals surface area contributed by atoms with Gasteiger partial charge in [-0.15, -0.1) is 0 Å². The van der Waals surface area contributed by atoms with E-state index in [0.717, 1.165) is 11.1 Å². The highest BCUT2D eigenvalue weighted by molar-refractivity contribution is 6.30. The standard InChI is InChI=1S/C12H13ClN2O2/c1-7(2)10(11-14-15-12(16)17-11)8-3-5-9(13)6-4-8/h3-7,14H,1-2H3,(H,15,16)/b11-10-. The molecule has 1 saturated heterocycles. The Kier molecular flexibility index (Phi) is 3.24. The molecule has 0 bridgehead atoms. The molecule has 1 aliphatic heterocycles. The fraction of sp³-hybridized carbons (Fsp3) is 0.250. The number of allylic oxidation sites excluding steroid dienone is 1. The molecule has 1 amide bonds. The third-order valence-electron chi connectivity index (χ3n) is 2.45. The number of carbonyl (C=O) groups is 1. The highest BCUT2D eigenvalue weighted by Crippen LogP contribution is 2.28. The molecule has 1 heterocycles. The van der Waals surface area contributed by atoms with E-state index in [1.54, 1.807) is 0 Å². The zero-order valence-corrected chi connectivity index (χ0v) is 10.3. The molecule has 2 rings (SSSR count). The Morgan fingerprint density at radius 3 is 2.35 bits per heavy atom. The second kappa shape index (κ2) is 4.67. The van der Waals surface area contributed by atoms with E-state index in [1.165, 1.54) is 0 Å². The summed E-state index contributed by atoms with van der Waals surface area (Å²) in [6.45, 7) is 4.07. The lowest BCUT2D eigenvalue weighted by atomic mass is 9.96.